The Morgan fingerprint density at radius 2 is 1.88 bits per heavy atom. The number of sulfonamides is 1. The molecule has 0 heterocycles. The van der Waals surface area contributed by atoms with Crippen LogP contribution in [0.15, 0.2) is 58.3 Å². The first kappa shape index (κ1) is 20.7. The molecular weight excluding hydrogens is 398 g/mol. The zero-order valence-corrected chi connectivity index (χ0v) is 16.6. The number of nitrogens with zero attached hydrogens (tertiary/aromatic N) is 1. The average Bonchev–Trinajstić information content (AvgIpc) is 2.65. The zero-order valence-electron chi connectivity index (χ0n) is 14.2. The minimum absolute atomic E-state index is 0.0492. The van der Waals surface area contributed by atoms with Gasteiger partial charge in [0.05, 0.1) is 17.6 Å². The number of benzene rings is 2. The molecule has 0 amide bonds. The van der Waals surface area contributed by atoms with Gasteiger partial charge in [0.1, 0.15) is 6.61 Å². The molecule has 0 bridgehead atoms. The van der Waals surface area contributed by atoms with Crippen LogP contribution in [0.4, 0.5) is 0 Å². The van der Waals surface area contributed by atoms with Crippen LogP contribution in [0, 0.1) is 0 Å². The van der Waals surface area contributed by atoms with E-state index in [1.54, 1.807) is 12.1 Å². The topological polar surface area (TPSA) is 72.9 Å². The van der Waals surface area contributed by atoms with Gasteiger partial charge < -0.3 is 4.74 Å². The minimum atomic E-state index is -3.82. The molecule has 0 N–H and O–H groups in total. The summed E-state index contributed by atoms with van der Waals surface area (Å²) >= 11 is 7.35. The summed E-state index contributed by atoms with van der Waals surface area (Å²) in [5, 5.41) is 0.662. The van der Waals surface area contributed by atoms with E-state index < -0.39 is 16.0 Å². The van der Waals surface area contributed by atoms with E-state index in [1.165, 1.54) is 50.2 Å². The number of rotatable bonds is 8. The highest BCUT2D eigenvalue weighted by Gasteiger charge is 2.22. The Bertz CT molecular complexity index is 856. The van der Waals surface area contributed by atoms with Gasteiger partial charge in [-0.3, -0.25) is 4.84 Å². The molecule has 2 rings (SSSR count). The molecule has 0 atom stereocenters. The van der Waals surface area contributed by atoms with Gasteiger partial charge >= 0.3 is 5.97 Å². The molecule has 0 aromatic heterocycles. The number of thioether (sulfide) groups is 1. The quantitative estimate of drug-likeness (QED) is 0.284. The maximum Gasteiger partial charge on any atom is 0.338 e. The lowest BCUT2D eigenvalue weighted by Crippen LogP contribution is -2.26. The number of carbonyl (C=O) groups is 1. The van der Waals surface area contributed by atoms with Crippen molar-refractivity contribution in [1.82, 2.24) is 4.47 Å². The summed E-state index contributed by atoms with van der Waals surface area (Å²) in [5.74, 6) is -0.0172. The van der Waals surface area contributed by atoms with Crippen LogP contribution in [0.1, 0.15) is 10.4 Å². The number of hydroxylamine groups is 1. The van der Waals surface area contributed by atoms with Gasteiger partial charge in [0, 0.05) is 22.7 Å². The summed E-state index contributed by atoms with van der Waals surface area (Å²) in [7, 11) is -1.31. The van der Waals surface area contributed by atoms with Gasteiger partial charge in [-0.1, -0.05) is 22.1 Å². The van der Waals surface area contributed by atoms with E-state index in [0.29, 0.717) is 10.8 Å². The molecule has 0 saturated heterocycles. The molecule has 0 saturated carbocycles. The van der Waals surface area contributed by atoms with E-state index >= 15 is 0 Å². The maximum atomic E-state index is 12.2. The second kappa shape index (κ2) is 9.38. The van der Waals surface area contributed by atoms with Crippen molar-refractivity contribution in [3.63, 3.8) is 0 Å². The van der Waals surface area contributed by atoms with Crippen molar-refractivity contribution >= 4 is 39.4 Å². The zero-order chi connectivity index (χ0) is 19.2. The van der Waals surface area contributed by atoms with Gasteiger partial charge in [-0.05, 0) is 42.5 Å². The molecule has 0 spiro atoms. The van der Waals surface area contributed by atoms with Crippen molar-refractivity contribution in [2.75, 3.05) is 26.5 Å². The predicted octanol–water partition coefficient (Wildman–Crippen LogP) is 3.47. The Morgan fingerprint density at radius 1 is 1.19 bits per heavy atom. The van der Waals surface area contributed by atoms with Crippen molar-refractivity contribution < 1.29 is 22.8 Å². The van der Waals surface area contributed by atoms with E-state index in [4.69, 9.17) is 21.2 Å². The van der Waals surface area contributed by atoms with Gasteiger partial charge in [0.25, 0.3) is 10.0 Å². The van der Waals surface area contributed by atoms with Crippen molar-refractivity contribution in [2.24, 2.45) is 0 Å². The van der Waals surface area contributed by atoms with E-state index in [1.807, 2.05) is 12.1 Å². The number of ether oxygens (including phenoxy) is 1. The average molecular weight is 416 g/mol. The van der Waals surface area contributed by atoms with Crippen LogP contribution in [0.2, 0.25) is 5.02 Å². The molecule has 6 nitrogen and oxygen atoms in total. The van der Waals surface area contributed by atoms with E-state index in [2.05, 4.69) is 0 Å². The minimum Gasteiger partial charge on any atom is -0.461 e. The SMILES string of the molecule is CON(C)S(=O)(=O)c1cccc(C(=O)OCCSc2ccc(Cl)cc2)c1. The predicted molar refractivity (Wildman–Crippen MR) is 101 cm³/mol. The Balaban J connectivity index is 1.93. The molecule has 0 fully saturated rings. The van der Waals surface area contributed by atoms with Gasteiger partial charge in [-0.25, -0.2) is 13.2 Å². The van der Waals surface area contributed by atoms with Crippen LogP contribution in [-0.4, -0.2) is 45.4 Å². The smallest absolute Gasteiger partial charge is 0.338 e. The number of hydrogen-bond donors (Lipinski definition) is 0. The molecule has 0 radical (unpaired) electrons. The summed E-state index contributed by atoms with van der Waals surface area (Å²) < 4.78 is 30.4. The van der Waals surface area contributed by atoms with Crippen LogP contribution in [0.5, 0.6) is 0 Å². The molecule has 0 unspecified atom stereocenters. The number of esters is 1. The second-order valence-electron chi connectivity index (χ2n) is 5.06. The third-order valence-corrected chi connectivity index (χ3v) is 6.27. The standard InChI is InChI=1S/C17H18ClNO5S2/c1-19(23-2)26(21,22)16-5-3-4-13(12-16)17(20)24-10-11-25-15-8-6-14(18)7-9-15/h3-9,12H,10-11H2,1-2H3. The van der Waals surface area contributed by atoms with Crippen LogP contribution in [-0.2, 0) is 19.6 Å². The van der Waals surface area contributed by atoms with Crippen LogP contribution >= 0.6 is 23.4 Å². The highest BCUT2D eigenvalue weighted by molar-refractivity contribution is 7.99. The Morgan fingerprint density at radius 3 is 2.54 bits per heavy atom. The highest BCUT2D eigenvalue weighted by Crippen LogP contribution is 2.20. The Labute approximate surface area is 162 Å². The summed E-state index contributed by atoms with van der Waals surface area (Å²) in [5.41, 5.74) is 0.159. The molecule has 9 heteroatoms. The summed E-state index contributed by atoms with van der Waals surface area (Å²) in [6, 6.07) is 13.0. The largest absolute Gasteiger partial charge is 0.461 e. The summed E-state index contributed by atoms with van der Waals surface area (Å²) in [6.45, 7) is 0.196. The molecule has 0 aliphatic rings. The number of halogens is 1. The fourth-order valence-electron chi connectivity index (χ4n) is 1.94. The van der Waals surface area contributed by atoms with Crippen molar-refractivity contribution in [3.05, 3.63) is 59.1 Å². The third kappa shape index (κ3) is 5.46. The molecule has 26 heavy (non-hydrogen) atoms. The molecule has 0 aliphatic heterocycles. The van der Waals surface area contributed by atoms with Crippen LogP contribution in [0.25, 0.3) is 0 Å². The van der Waals surface area contributed by atoms with Gasteiger partial charge in [-0.15, -0.1) is 11.8 Å². The lowest BCUT2D eigenvalue weighted by molar-refractivity contribution is -0.0258. The maximum absolute atomic E-state index is 12.2. The first-order valence-electron chi connectivity index (χ1n) is 7.53. The first-order valence-corrected chi connectivity index (χ1v) is 10.3. The fraction of sp³-hybridized carbons (Fsp3) is 0.235. The van der Waals surface area contributed by atoms with E-state index in [9.17, 15) is 13.2 Å². The lowest BCUT2D eigenvalue weighted by atomic mass is 10.2. The highest BCUT2D eigenvalue weighted by atomic mass is 35.5. The second-order valence-corrected chi connectivity index (χ2v) is 8.60. The normalized spacial score (nSPS) is 11.5. The molecule has 2 aromatic carbocycles. The molecular formula is C17H18ClNO5S2. The van der Waals surface area contributed by atoms with Crippen LogP contribution in [0.3, 0.4) is 0 Å². The molecule has 2 aromatic rings. The number of carbonyl (C=O) groups excluding carboxylic acids is 1. The van der Waals surface area contributed by atoms with Gasteiger partial charge in [0.2, 0.25) is 0 Å². The fourth-order valence-corrected chi connectivity index (χ4v) is 3.81. The van der Waals surface area contributed by atoms with Crippen LogP contribution < -0.4 is 0 Å². The third-order valence-electron chi connectivity index (χ3n) is 3.36. The van der Waals surface area contributed by atoms with Crippen molar-refractivity contribution in [1.29, 1.82) is 0 Å². The van der Waals surface area contributed by atoms with Crippen molar-refractivity contribution in [2.45, 2.75) is 9.79 Å². The van der Waals surface area contributed by atoms with Gasteiger partial charge in [0.15, 0.2) is 0 Å². The van der Waals surface area contributed by atoms with E-state index in [0.717, 1.165) is 9.36 Å². The first-order chi connectivity index (χ1) is 12.3. The Hall–Kier alpha value is -1.58. The monoisotopic (exact) mass is 415 g/mol. The van der Waals surface area contributed by atoms with E-state index in [-0.39, 0.29) is 17.1 Å². The Kier molecular flexibility index (Phi) is 7.48. The summed E-state index contributed by atoms with van der Waals surface area (Å²) in [4.78, 5) is 17.8. The number of hydrogen-bond acceptors (Lipinski definition) is 6. The molecule has 0 aliphatic carbocycles. The summed E-state index contributed by atoms with van der Waals surface area (Å²) in [6.07, 6.45) is 0. The van der Waals surface area contributed by atoms with Crippen molar-refractivity contribution in [3.8, 4) is 0 Å². The van der Waals surface area contributed by atoms with Gasteiger partial charge in [-0.2, -0.15) is 0 Å². The molecule has 140 valence electrons. The lowest BCUT2D eigenvalue weighted by Gasteiger charge is -2.14.